The summed E-state index contributed by atoms with van der Waals surface area (Å²) in [5.41, 5.74) is 3.16. The molecule has 144 valence electrons. The molecule has 0 aliphatic carbocycles. The zero-order chi connectivity index (χ0) is 20.4. The molecule has 0 saturated heterocycles. The number of fused-ring (bicyclic) bond motifs is 1. The number of aromatic nitrogens is 2. The van der Waals surface area contributed by atoms with Crippen LogP contribution in [0, 0.1) is 17.0 Å². The molecule has 6 nitrogen and oxygen atoms in total. The van der Waals surface area contributed by atoms with Crippen LogP contribution in [0.15, 0.2) is 82.7 Å². The summed E-state index contributed by atoms with van der Waals surface area (Å²) in [7, 11) is 0. The van der Waals surface area contributed by atoms with Gasteiger partial charge in [0.05, 0.1) is 21.5 Å². The molecular weight excluding hydrogens is 386 g/mol. The van der Waals surface area contributed by atoms with Gasteiger partial charge in [0.1, 0.15) is 0 Å². The Hall–Kier alpha value is -3.45. The summed E-state index contributed by atoms with van der Waals surface area (Å²) < 4.78 is 1.60. The molecule has 0 aliphatic rings. The van der Waals surface area contributed by atoms with Gasteiger partial charge < -0.3 is 0 Å². The predicted molar refractivity (Wildman–Crippen MR) is 115 cm³/mol. The van der Waals surface area contributed by atoms with Crippen molar-refractivity contribution in [3.63, 3.8) is 0 Å². The van der Waals surface area contributed by atoms with Gasteiger partial charge in [-0.15, -0.1) is 0 Å². The van der Waals surface area contributed by atoms with E-state index in [1.807, 2.05) is 55.5 Å². The van der Waals surface area contributed by atoms with E-state index in [-0.39, 0.29) is 11.2 Å². The number of hydrogen-bond acceptors (Lipinski definition) is 5. The van der Waals surface area contributed by atoms with Crippen molar-refractivity contribution in [3.8, 4) is 5.69 Å². The van der Waals surface area contributed by atoms with Crippen LogP contribution in [0.3, 0.4) is 0 Å². The fourth-order valence-corrected chi connectivity index (χ4v) is 3.99. The zero-order valence-corrected chi connectivity index (χ0v) is 16.4. The molecule has 0 fully saturated rings. The second-order valence-corrected chi connectivity index (χ2v) is 7.55. The van der Waals surface area contributed by atoms with E-state index in [1.54, 1.807) is 22.8 Å². The first-order chi connectivity index (χ1) is 14.0. The maximum absolute atomic E-state index is 13.2. The van der Waals surface area contributed by atoms with Crippen molar-refractivity contribution in [1.29, 1.82) is 0 Å². The van der Waals surface area contributed by atoms with Gasteiger partial charge >= 0.3 is 0 Å². The quantitative estimate of drug-likeness (QED) is 0.205. The van der Waals surface area contributed by atoms with Gasteiger partial charge in [0.15, 0.2) is 5.16 Å². The molecule has 0 radical (unpaired) electrons. The number of nitro groups is 1. The minimum absolute atomic E-state index is 0.0468. The van der Waals surface area contributed by atoms with Gasteiger partial charge in [-0.2, -0.15) is 0 Å². The SMILES string of the molecule is Cc1ccc(-n2c(SCc3cccc([N+](=O)[O-])c3)nc3ccccc3c2=O)cc1. The van der Waals surface area contributed by atoms with E-state index >= 15 is 0 Å². The van der Waals surface area contributed by atoms with E-state index in [2.05, 4.69) is 0 Å². The minimum atomic E-state index is -0.412. The number of benzene rings is 3. The molecule has 29 heavy (non-hydrogen) atoms. The Morgan fingerprint density at radius 2 is 1.79 bits per heavy atom. The number of hydrogen-bond donors (Lipinski definition) is 0. The highest BCUT2D eigenvalue weighted by molar-refractivity contribution is 7.98. The van der Waals surface area contributed by atoms with Gasteiger partial charge in [0.25, 0.3) is 11.2 Å². The molecule has 7 heteroatoms. The zero-order valence-electron chi connectivity index (χ0n) is 15.6. The van der Waals surface area contributed by atoms with Gasteiger partial charge in [-0.3, -0.25) is 19.5 Å². The van der Waals surface area contributed by atoms with Crippen molar-refractivity contribution in [1.82, 2.24) is 9.55 Å². The van der Waals surface area contributed by atoms with Crippen molar-refractivity contribution in [2.45, 2.75) is 17.8 Å². The van der Waals surface area contributed by atoms with Crippen LogP contribution in [0.25, 0.3) is 16.6 Å². The lowest BCUT2D eigenvalue weighted by atomic mass is 10.2. The summed E-state index contributed by atoms with van der Waals surface area (Å²) in [5, 5.41) is 12.1. The van der Waals surface area contributed by atoms with Crippen LogP contribution in [0.1, 0.15) is 11.1 Å². The van der Waals surface area contributed by atoms with Gasteiger partial charge in [-0.05, 0) is 36.8 Å². The van der Waals surface area contributed by atoms with Crippen molar-refractivity contribution < 1.29 is 4.92 Å². The van der Waals surface area contributed by atoms with E-state index in [4.69, 9.17) is 4.98 Å². The largest absolute Gasteiger partial charge is 0.269 e. The first-order valence-corrected chi connectivity index (χ1v) is 9.96. The van der Waals surface area contributed by atoms with Crippen LogP contribution in [-0.4, -0.2) is 14.5 Å². The number of non-ortho nitro benzene ring substituents is 1. The highest BCUT2D eigenvalue weighted by Gasteiger charge is 2.14. The van der Waals surface area contributed by atoms with E-state index in [1.165, 1.54) is 17.8 Å². The third-order valence-corrected chi connectivity index (χ3v) is 5.54. The molecule has 4 aromatic rings. The van der Waals surface area contributed by atoms with E-state index < -0.39 is 4.92 Å². The van der Waals surface area contributed by atoms with Crippen LogP contribution in [-0.2, 0) is 5.75 Å². The first-order valence-electron chi connectivity index (χ1n) is 8.98. The summed E-state index contributed by atoms with van der Waals surface area (Å²) in [5.74, 6) is 0.457. The second-order valence-electron chi connectivity index (χ2n) is 6.60. The van der Waals surface area contributed by atoms with Crippen LogP contribution in [0.5, 0.6) is 0 Å². The Balaban J connectivity index is 1.79. The molecule has 3 aromatic carbocycles. The normalized spacial score (nSPS) is 10.9. The molecule has 1 aromatic heterocycles. The highest BCUT2D eigenvalue weighted by Crippen LogP contribution is 2.26. The molecule has 0 saturated carbocycles. The lowest BCUT2D eigenvalue weighted by molar-refractivity contribution is -0.384. The molecule has 0 aliphatic heterocycles. The van der Waals surface area contributed by atoms with Crippen LogP contribution < -0.4 is 5.56 Å². The number of nitro benzene ring substituents is 1. The van der Waals surface area contributed by atoms with Gasteiger partial charge in [-0.1, -0.05) is 53.7 Å². The molecule has 0 amide bonds. The topological polar surface area (TPSA) is 78.0 Å². The number of rotatable bonds is 5. The number of para-hydroxylation sites is 1. The second kappa shape index (κ2) is 7.89. The summed E-state index contributed by atoms with van der Waals surface area (Å²) in [4.78, 5) is 28.5. The maximum atomic E-state index is 13.2. The first kappa shape index (κ1) is 18.9. The lowest BCUT2D eigenvalue weighted by Crippen LogP contribution is -2.21. The Kier molecular flexibility index (Phi) is 5.14. The Morgan fingerprint density at radius 1 is 1.03 bits per heavy atom. The molecule has 0 spiro atoms. The minimum Gasteiger partial charge on any atom is -0.268 e. The van der Waals surface area contributed by atoms with Crippen LogP contribution >= 0.6 is 11.8 Å². The summed E-state index contributed by atoms with van der Waals surface area (Å²) in [6.45, 7) is 1.99. The summed E-state index contributed by atoms with van der Waals surface area (Å²) in [6.07, 6.45) is 0. The number of nitrogens with zero attached hydrogens (tertiary/aromatic N) is 3. The third-order valence-electron chi connectivity index (χ3n) is 4.53. The molecule has 4 rings (SSSR count). The van der Waals surface area contributed by atoms with E-state index in [0.717, 1.165) is 16.8 Å². The predicted octanol–water partition coefficient (Wildman–Crippen LogP) is 4.89. The molecular formula is C22H17N3O3S. The summed E-state index contributed by atoms with van der Waals surface area (Å²) >= 11 is 1.38. The molecule has 1 heterocycles. The average Bonchev–Trinajstić information content (AvgIpc) is 2.73. The third kappa shape index (κ3) is 3.90. The fourth-order valence-electron chi connectivity index (χ4n) is 3.04. The summed E-state index contributed by atoms with van der Waals surface area (Å²) in [6, 6.07) is 21.4. The fraction of sp³-hybridized carbons (Fsp3) is 0.0909. The number of aryl methyl sites for hydroxylation is 1. The smallest absolute Gasteiger partial charge is 0.268 e. The monoisotopic (exact) mass is 403 g/mol. The van der Waals surface area contributed by atoms with E-state index in [0.29, 0.717) is 21.8 Å². The Labute approximate surface area is 171 Å². The maximum Gasteiger partial charge on any atom is 0.269 e. The highest BCUT2D eigenvalue weighted by atomic mass is 32.2. The van der Waals surface area contributed by atoms with Crippen LogP contribution in [0.4, 0.5) is 5.69 Å². The van der Waals surface area contributed by atoms with Crippen molar-refractivity contribution in [2.24, 2.45) is 0 Å². The van der Waals surface area contributed by atoms with Gasteiger partial charge in [0, 0.05) is 17.9 Å². The standard InChI is InChI=1S/C22H17N3O3S/c1-15-9-11-17(12-10-15)24-21(26)19-7-2-3-8-20(19)23-22(24)29-14-16-5-4-6-18(13-16)25(27)28/h2-13H,14H2,1H3. The molecule has 0 N–H and O–H groups in total. The number of thioether (sulfide) groups is 1. The van der Waals surface area contributed by atoms with Crippen molar-refractivity contribution in [3.05, 3.63) is 104 Å². The molecule has 0 atom stereocenters. The van der Waals surface area contributed by atoms with Crippen molar-refractivity contribution in [2.75, 3.05) is 0 Å². The lowest BCUT2D eigenvalue weighted by Gasteiger charge is -2.13. The molecule has 0 unspecified atom stereocenters. The molecule has 0 bridgehead atoms. The van der Waals surface area contributed by atoms with Crippen LogP contribution in [0.2, 0.25) is 0 Å². The average molecular weight is 403 g/mol. The Morgan fingerprint density at radius 3 is 2.55 bits per heavy atom. The van der Waals surface area contributed by atoms with Gasteiger partial charge in [0.2, 0.25) is 0 Å². The Bertz CT molecular complexity index is 1270. The van der Waals surface area contributed by atoms with Gasteiger partial charge in [-0.25, -0.2) is 4.98 Å². The van der Waals surface area contributed by atoms with Crippen molar-refractivity contribution >= 4 is 28.4 Å². The van der Waals surface area contributed by atoms with E-state index in [9.17, 15) is 14.9 Å².